The Kier molecular flexibility index (Phi) is 3.60. The lowest BCUT2D eigenvalue weighted by atomic mass is 10.1. The number of aryl methyl sites for hydroxylation is 1. The molecule has 0 heterocycles. The minimum atomic E-state index is -0.312. The fourth-order valence-electron chi connectivity index (χ4n) is 2.03. The first kappa shape index (κ1) is 13.2. The second-order valence-electron chi connectivity index (χ2n) is 4.44. The molecule has 0 aliphatic carbocycles. The van der Waals surface area contributed by atoms with E-state index in [0.717, 1.165) is 11.3 Å². The lowest BCUT2D eigenvalue weighted by molar-refractivity contribution is 0.414. The highest BCUT2D eigenvalue weighted by Crippen LogP contribution is 2.35. The van der Waals surface area contributed by atoms with Gasteiger partial charge in [-0.1, -0.05) is 6.07 Å². The molecule has 0 saturated carbocycles. The quantitative estimate of drug-likeness (QED) is 0.858. The highest BCUT2D eigenvalue weighted by atomic mass is 19.1. The summed E-state index contributed by atoms with van der Waals surface area (Å²) >= 11 is 0. The third kappa shape index (κ3) is 2.62. The summed E-state index contributed by atoms with van der Waals surface area (Å²) in [6.45, 7) is 1.98. The van der Waals surface area contributed by atoms with Crippen LogP contribution in [0.15, 0.2) is 36.4 Å². The van der Waals surface area contributed by atoms with Crippen molar-refractivity contribution in [2.24, 2.45) is 0 Å². The van der Waals surface area contributed by atoms with Crippen molar-refractivity contribution in [2.75, 3.05) is 24.8 Å². The molecule has 0 saturated heterocycles. The van der Waals surface area contributed by atoms with Gasteiger partial charge in [0, 0.05) is 13.1 Å². The maximum atomic E-state index is 13.4. The van der Waals surface area contributed by atoms with Crippen molar-refractivity contribution in [1.29, 1.82) is 0 Å². The molecule has 0 atom stereocenters. The Balaban J connectivity index is 2.49. The molecule has 0 unspecified atom stereocenters. The first-order valence-corrected chi connectivity index (χ1v) is 5.96. The average Bonchev–Trinajstić information content (AvgIpc) is 2.38. The molecule has 0 aliphatic rings. The molecule has 2 rings (SSSR count). The summed E-state index contributed by atoms with van der Waals surface area (Å²) in [5.41, 5.74) is 9.20. The van der Waals surface area contributed by atoms with Crippen molar-refractivity contribution < 1.29 is 9.13 Å². The van der Waals surface area contributed by atoms with Crippen molar-refractivity contribution in [3.8, 4) is 5.75 Å². The molecule has 2 aromatic carbocycles. The molecule has 19 heavy (non-hydrogen) atoms. The smallest absolute Gasteiger partial charge is 0.142 e. The molecule has 3 nitrogen and oxygen atoms in total. The van der Waals surface area contributed by atoms with Gasteiger partial charge in [0.15, 0.2) is 0 Å². The highest BCUT2D eigenvalue weighted by Gasteiger charge is 2.13. The van der Waals surface area contributed by atoms with Gasteiger partial charge < -0.3 is 15.4 Å². The van der Waals surface area contributed by atoms with Gasteiger partial charge >= 0.3 is 0 Å². The van der Waals surface area contributed by atoms with Crippen LogP contribution in [0.2, 0.25) is 0 Å². The van der Waals surface area contributed by atoms with Crippen molar-refractivity contribution in [3.63, 3.8) is 0 Å². The Bertz CT molecular complexity index is 599. The van der Waals surface area contributed by atoms with Gasteiger partial charge in [0.2, 0.25) is 0 Å². The van der Waals surface area contributed by atoms with Crippen LogP contribution in [-0.4, -0.2) is 14.2 Å². The summed E-state index contributed by atoms with van der Waals surface area (Å²) in [4.78, 5) is 1.82. The first-order chi connectivity index (χ1) is 9.02. The molecule has 100 valence electrons. The van der Waals surface area contributed by atoms with E-state index in [-0.39, 0.29) is 5.82 Å². The van der Waals surface area contributed by atoms with Gasteiger partial charge in [0.25, 0.3) is 0 Å². The average molecular weight is 260 g/mol. The minimum Gasteiger partial charge on any atom is -0.495 e. The molecule has 0 amide bonds. The van der Waals surface area contributed by atoms with Crippen LogP contribution < -0.4 is 15.4 Å². The fraction of sp³-hybridized carbons (Fsp3) is 0.200. The number of hydrogen-bond donors (Lipinski definition) is 1. The van der Waals surface area contributed by atoms with Gasteiger partial charge in [-0.25, -0.2) is 4.39 Å². The topological polar surface area (TPSA) is 38.5 Å². The molecular formula is C15H17FN2O. The summed E-state index contributed by atoms with van der Waals surface area (Å²) in [6.07, 6.45) is 0. The van der Waals surface area contributed by atoms with E-state index < -0.39 is 0 Å². The Morgan fingerprint density at radius 1 is 1.11 bits per heavy atom. The number of nitrogens with two attached hydrogens (primary N) is 1. The lowest BCUT2D eigenvalue weighted by Gasteiger charge is -2.23. The second kappa shape index (κ2) is 5.18. The van der Waals surface area contributed by atoms with Crippen LogP contribution in [0, 0.1) is 12.7 Å². The van der Waals surface area contributed by atoms with E-state index in [1.165, 1.54) is 12.1 Å². The van der Waals surface area contributed by atoms with Gasteiger partial charge in [0.1, 0.15) is 11.6 Å². The van der Waals surface area contributed by atoms with Gasteiger partial charge in [0.05, 0.1) is 24.2 Å². The van der Waals surface area contributed by atoms with E-state index >= 15 is 0 Å². The molecule has 4 heteroatoms. The van der Waals surface area contributed by atoms with Gasteiger partial charge in [-0.2, -0.15) is 0 Å². The predicted molar refractivity (Wildman–Crippen MR) is 76.6 cm³/mol. The molecule has 2 aromatic rings. The standard InChI is InChI=1S/C15H17FN2O/c1-10-4-6-13(12(17)8-10)18(2)14-9-11(16)5-7-15(14)19-3/h4-9H,17H2,1-3H3. The largest absolute Gasteiger partial charge is 0.495 e. The van der Waals surface area contributed by atoms with E-state index in [4.69, 9.17) is 10.5 Å². The zero-order chi connectivity index (χ0) is 14.0. The van der Waals surface area contributed by atoms with Crippen molar-refractivity contribution in [1.82, 2.24) is 0 Å². The fourth-order valence-corrected chi connectivity index (χ4v) is 2.03. The number of halogens is 1. The zero-order valence-corrected chi connectivity index (χ0v) is 11.3. The Hall–Kier alpha value is -2.23. The van der Waals surface area contributed by atoms with Gasteiger partial charge in [-0.3, -0.25) is 0 Å². The predicted octanol–water partition coefficient (Wildman–Crippen LogP) is 3.49. The van der Waals surface area contributed by atoms with Crippen LogP contribution in [0.1, 0.15) is 5.56 Å². The number of rotatable bonds is 3. The molecule has 0 radical (unpaired) electrons. The summed E-state index contributed by atoms with van der Waals surface area (Å²) < 4.78 is 18.7. The molecule has 0 bridgehead atoms. The summed E-state index contributed by atoms with van der Waals surface area (Å²) in [5, 5.41) is 0. The zero-order valence-electron chi connectivity index (χ0n) is 11.3. The van der Waals surface area contributed by atoms with Crippen molar-refractivity contribution in [2.45, 2.75) is 6.92 Å². The summed E-state index contributed by atoms with van der Waals surface area (Å²) in [6, 6.07) is 10.2. The number of nitrogen functional groups attached to an aromatic ring is 1. The van der Waals surface area contributed by atoms with Crippen molar-refractivity contribution in [3.05, 3.63) is 47.8 Å². The highest BCUT2D eigenvalue weighted by molar-refractivity contribution is 5.77. The van der Waals surface area contributed by atoms with E-state index in [0.29, 0.717) is 17.1 Å². The Morgan fingerprint density at radius 2 is 1.84 bits per heavy atom. The molecule has 0 aliphatic heterocycles. The van der Waals surface area contributed by atoms with Crippen LogP contribution in [0.5, 0.6) is 5.75 Å². The molecule has 0 aromatic heterocycles. The first-order valence-electron chi connectivity index (χ1n) is 5.96. The van der Waals surface area contributed by atoms with E-state index in [2.05, 4.69) is 0 Å². The monoisotopic (exact) mass is 260 g/mol. The third-order valence-electron chi connectivity index (χ3n) is 3.05. The number of anilines is 3. The normalized spacial score (nSPS) is 10.3. The maximum absolute atomic E-state index is 13.4. The lowest BCUT2D eigenvalue weighted by Crippen LogP contribution is -2.13. The summed E-state index contributed by atoms with van der Waals surface area (Å²) in [5.74, 6) is 0.289. The molecular weight excluding hydrogens is 243 g/mol. The molecule has 0 spiro atoms. The van der Waals surface area contributed by atoms with E-state index in [1.54, 1.807) is 13.2 Å². The number of nitrogens with zero attached hydrogens (tertiary/aromatic N) is 1. The van der Waals surface area contributed by atoms with Crippen LogP contribution in [0.4, 0.5) is 21.5 Å². The van der Waals surface area contributed by atoms with Crippen molar-refractivity contribution >= 4 is 17.1 Å². The Labute approximate surface area is 112 Å². The number of benzene rings is 2. The number of methoxy groups -OCH3 is 1. The maximum Gasteiger partial charge on any atom is 0.142 e. The Morgan fingerprint density at radius 3 is 2.47 bits per heavy atom. The van der Waals surface area contributed by atoms with Gasteiger partial charge in [-0.05, 0) is 36.8 Å². The minimum absolute atomic E-state index is 0.312. The molecule has 0 fully saturated rings. The second-order valence-corrected chi connectivity index (χ2v) is 4.44. The summed E-state index contributed by atoms with van der Waals surface area (Å²) in [7, 11) is 3.39. The molecule has 2 N–H and O–H groups in total. The van der Waals surface area contributed by atoms with Crippen LogP contribution in [0.3, 0.4) is 0 Å². The van der Waals surface area contributed by atoms with Gasteiger partial charge in [-0.15, -0.1) is 0 Å². The number of hydrogen-bond acceptors (Lipinski definition) is 3. The van der Waals surface area contributed by atoms with Crippen LogP contribution in [0.25, 0.3) is 0 Å². The van der Waals surface area contributed by atoms with E-state index in [9.17, 15) is 4.39 Å². The number of ether oxygens (including phenoxy) is 1. The van der Waals surface area contributed by atoms with Crippen LogP contribution in [-0.2, 0) is 0 Å². The third-order valence-corrected chi connectivity index (χ3v) is 3.05. The SMILES string of the molecule is COc1ccc(F)cc1N(C)c1ccc(C)cc1N. The van der Waals surface area contributed by atoms with E-state index in [1.807, 2.05) is 37.1 Å². The van der Waals surface area contributed by atoms with Crippen LogP contribution >= 0.6 is 0 Å².